The predicted molar refractivity (Wildman–Crippen MR) is 68.9 cm³/mol. The minimum Gasteiger partial charge on any atom is -0.338 e. The van der Waals surface area contributed by atoms with Gasteiger partial charge in [-0.3, -0.25) is 0 Å². The van der Waals surface area contributed by atoms with E-state index in [1.54, 1.807) is 4.90 Å². The molecule has 1 N–H and O–H groups in total. The Kier molecular flexibility index (Phi) is 4.71. The molecule has 19 heavy (non-hydrogen) atoms. The van der Waals surface area contributed by atoms with Gasteiger partial charge in [0.05, 0.1) is 0 Å². The summed E-state index contributed by atoms with van der Waals surface area (Å²) < 4.78 is 25.9. The first kappa shape index (κ1) is 13.8. The first-order valence-electron chi connectivity index (χ1n) is 6.63. The molecule has 0 bridgehead atoms. The maximum absolute atomic E-state index is 13.0. The highest BCUT2D eigenvalue weighted by Crippen LogP contribution is 2.09. The molecule has 0 unspecified atom stereocenters. The number of carbonyl (C=O) groups is 1. The number of piperidine rings is 1. The second-order valence-corrected chi connectivity index (χ2v) is 4.81. The van der Waals surface area contributed by atoms with Gasteiger partial charge < -0.3 is 10.2 Å². The molecule has 0 saturated carbocycles. The second-order valence-electron chi connectivity index (χ2n) is 4.81. The van der Waals surface area contributed by atoms with Crippen molar-refractivity contribution >= 4 is 6.03 Å². The van der Waals surface area contributed by atoms with Crippen LogP contribution in [0.3, 0.4) is 0 Å². The van der Waals surface area contributed by atoms with Crippen molar-refractivity contribution in [1.29, 1.82) is 0 Å². The summed E-state index contributed by atoms with van der Waals surface area (Å²) in [4.78, 5) is 13.6. The molecule has 2 rings (SSSR count). The molecule has 0 spiro atoms. The lowest BCUT2D eigenvalue weighted by molar-refractivity contribution is 0.186. The van der Waals surface area contributed by atoms with Crippen LogP contribution in [0, 0.1) is 11.6 Å². The number of benzene rings is 1. The third kappa shape index (κ3) is 4.19. The molecule has 1 saturated heterocycles. The van der Waals surface area contributed by atoms with Gasteiger partial charge in [-0.2, -0.15) is 0 Å². The first-order valence-corrected chi connectivity index (χ1v) is 6.63. The minimum absolute atomic E-state index is 0.0865. The maximum atomic E-state index is 13.0. The van der Waals surface area contributed by atoms with Crippen LogP contribution in [0.5, 0.6) is 0 Å². The van der Waals surface area contributed by atoms with Gasteiger partial charge in [0.2, 0.25) is 0 Å². The Hall–Kier alpha value is -1.65. The molecule has 2 amide bonds. The Bertz CT molecular complexity index is 425. The van der Waals surface area contributed by atoms with Crippen molar-refractivity contribution in [1.82, 2.24) is 10.2 Å². The predicted octanol–water partition coefficient (Wildman–Crippen LogP) is 2.70. The third-order valence-electron chi connectivity index (χ3n) is 3.26. The molecule has 1 aliphatic rings. The van der Waals surface area contributed by atoms with Crippen LogP contribution in [0.4, 0.5) is 13.6 Å². The molecule has 5 heteroatoms. The van der Waals surface area contributed by atoms with Crippen LogP contribution in [-0.2, 0) is 6.42 Å². The van der Waals surface area contributed by atoms with Crippen molar-refractivity contribution in [2.45, 2.75) is 25.7 Å². The van der Waals surface area contributed by atoms with E-state index < -0.39 is 11.6 Å². The van der Waals surface area contributed by atoms with Crippen molar-refractivity contribution in [2.24, 2.45) is 0 Å². The topological polar surface area (TPSA) is 32.3 Å². The largest absolute Gasteiger partial charge is 0.338 e. The molecule has 1 aromatic carbocycles. The van der Waals surface area contributed by atoms with E-state index in [0.717, 1.165) is 32.0 Å². The van der Waals surface area contributed by atoms with E-state index in [9.17, 15) is 13.6 Å². The fourth-order valence-electron chi connectivity index (χ4n) is 2.28. The van der Waals surface area contributed by atoms with Gasteiger partial charge in [0.25, 0.3) is 0 Å². The summed E-state index contributed by atoms with van der Waals surface area (Å²) in [5, 5.41) is 2.78. The molecule has 0 radical (unpaired) electrons. The maximum Gasteiger partial charge on any atom is 0.317 e. The molecule has 0 aliphatic carbocycles. The Morgan fingerprint density at radius 3 is 2.37 bits per heavy atom. The van der Waals surface area contributed by atoms with Crippen molar-refractivity contribution in [3.63, 3.8) is 0 Å². The van der Waals surface area contributed by atoms with Crippen LogP contribution in [-0.4, -0.2) is 30.6 Å². The van der Waals surface area contributed by atoms with Gasteiger partial charge in [-0.05, 0) is 43.4 Å². The Morgan fingerprint density at radius 1 is 1.11 bits per heavy atom. The SMILES string of the molecule is O=C(NCCc1cc(F)cc(F)c1)N1CCCCC1. The molecule has 1 heterocycles. The standard InChI is InChI=1S/C14H18F2N2O/c15-12-8-11(9-13(16)10-12)4-5-17-14(19)18-6-2-1-3-7-18/h8-10H,1-7H2,(H,17,19). The van der Waals surface area contributed by atoms with E-state index in [-0.39, 0.29) is 6.03 Å². The Labute approximate surface area is 111 Å². The fourth-order valence-corrected chi connectivity index (χ4v) is 2.28. The molecule has 1 fully saturated rings. The van der Waals surface area contributed by atoms with Gasteiger partial charge in [0.1, 0.15) is 11.6 Å². The van der Waals surface area contributed by atoms with Gasteiger partial charge in [-0.1, -0.05) is 0 Å². The monoisotopic (exact) mass is 268 g/mol. The third-order valence-corrected chi connectivity index (χ3v) is 3.26. The summed E-state index contributed by atoms with van der Waals surface area (Å²) in [5.74, 6) is -1.17. The number of amides is 2. The zero-order valence-corrected chi connectivity index (χ0v) is 10.8. The van der Waals surface area contributed by atoms with Gasteiger partial charge in [0, 0.05) is 25.7 Å². The zero-order valence-electron chi connectivity index (χ0n) is 10.8. The van der Waals surface area contributed by atoms with Gasteiger partial charge >= 0.3 is 6.03 Å². The van der Waals surface area contributed by atoms with Gasteiger partial charge in [0.15, 0.2) is 0 Å². The normalized spacial score (nSPS) is 15.4. The summed E-state index contributed by atoms with van der Waals surface area (Å²) in [6.45, 7) is 1.97. The quantitative estimate of drug-likeness (QED) is 0.898. The number of hydrogen-bond donors (Lipinski definition) is 1. The lowest BCUT2D eigenvalue weighted by Crippen LogP contribution is -2.43. The summed E-state index contributed by atoms with van der Waals surface area (Å²) in [5.41, 5.74) is 0.552. The van der Waals surface area contributed by atoms with E-state index in [0.29, 0.717) is 18.5 Å². The minimum atomic E-state index is -0.586. The molecule has 0 aromatic heterocycles. The van der Waals surface area contributed by atoms with E-state index >= 15 is 0 Å². The van der Waals surface area contributed by atoms with Crippen LogP contribution >= 0.6 is 0 Å². The van der Waals surface area contributed by atoms with Crippen LogP contribution in [0.2, 0.25) is 0 Å². The molecule has 1 aliphatic heterocycles. The molecule has 3 nitrogen and oxygen atoms in total. The summed E-state index contributed by atoms with van der Waals surface area (Å²) >= 11 is 0. The van der Waals surface area contributed by atoms with E-state index in [4.69, 9.17) is 0 Å². The van der Waals surface area contributed by atoms with Crippen molar-refractivity contribution < 1.29 is 13.6 Å². The van der Waals surface area contributed by atoms with Crippen LogP contribution in [0.1, 0.15) is 24.8 Å². The van der Waals surface area contributed by atoms with Gasteiger partial charge in [-0.25, -0.2) is 13.6 Å². The number of halogens is 2. The number of likely N-dealkylation sites (tertiary alicyclic amines) is 1. The fraction of sp³-hybridized carbons (Fsp3) is 0.500. The zero-order chi connectivity index (χ0) is 13.7. The second kappa shape index (κ2) is 6.50. The number of nitrogens with one attached hydrogen (secondary N) is 1. The van der Waals surface area contributed by atoms with Crippen LogP contribution < -0.4 is 5.32 Å². The average Bonchev–Trinajstić information content (AvgIpc) is 2.38. The number of carbonyl (C=O) groups excluding carboxylic acids is 1. The lowest BCUT2D eigenvalue weighted by atomic mass is 10.1. The van der Waals surface area contributed by atoms with Crippen LogP contribution in [0.25, 0.3) is 0 Å². The smallest absolute Gasteiger partial charge is 0.317 e. The summed E-state index contributed by atoms with van der Waals surface area (Å²) in [7, 11) is 0. The lowest BCUT2D eigenvalue weighted by Gasteiger charge is -2.26. The number of urea groups is 1. The average molecular weight is 268 g/mol. The molecule has 1 aromatic rings. The first-order chi connectivity index (χ1) is 9.15. The highest BCUT2D eigenvalue weighted by atomic mass is 19.1. The summed E-state index contributed by atoms with van der Waals surface area (Å²) in [6, 6.07) is 3.33. The number of nitrogens with zero attached hydrogens (tertiary/aromatic N) is 1. The molecule has 104 valence electrons. The Balaban J connectivity index is 1.77. The number of rotatable bonds is 3. The van der Waals surface area contributed by atoms with Crippen LogP contribution in [0.15, 0.2) is 18.2 Å². The molecular formula is C14H18F2N2O. The van der Waals surface area contributed by atoms with Crippen molar-refractivity contribution in [3.8, 4) is 0 Å². The highest BCUT2D eigenvalue weighted by molar-refractivity contribution is 5.74. The van der Waals surface area contributed by atoms with E-state index in [1.807, 2.05) is 0 Å². The highest BCUT2D eigenvalue weighted by Gasteiger charge is 2.15. The van der Waals surface area contributed by atoms with Crippen molar-refractivity contribution in [2.75, 3.05) is 19.6 Å². The molecular weight excluding hydrogens is 250 g/mol. The van der Waals surface area contributed by atoms with Gasteiger partial charge in [-0.15, -0.1) is 0 Å². The summed E-state index contributed by atoms with van der Waals surface area (Å²) in [6.07, 6.45) is 3.69. The number of hydrogen-bond acceptors (Lipinski definition) is 1. The van der Waals surface area contributed by atoms with E-state index in [1.165, 1.54) is 18.6 Å². The van der Waals surface area contributed by atoms with E-state index in [2.05, 4.69) is 5.32 Å². The van der Waals surface area contributed by atoms with Crippen molar-refractivity contribution in [3.05, 3.63) is 35.4 Å². The Morgan fingerprint density at radius 2 is 1.74 bits per heavy atom. The molecule has 0 atom stereocenters.